The minimum Gasteiger partial charge on any atom is -0.451 e. The van der Waals surface area contributed by atoms with Crippen LogP contribution in [0.5, 0.6) is 0 Å². The second kappa shape index (κ2) is 4.96. The van der Waals surface area contributed by atoms with Crippen LogP contribution in [0.4, 0.5) is 5.69 Å². The molecule has 1 fully saturated rings. The van der Waals surface area contributed by atoms with E-state index in [1.165, 1.54) is 19.3 Å². The van der Waals surface area contributed by atoms with Crippen molar-refractivity contribution in [1.82, 2.24) is 5.32 Å². The summed E-state index contributed by atoms with van der Waals surface area (Å²) in [5.41, 5.74) is 7.09. The SMILES string of the molecule is Nc1ccc2oc(C(=O)NC3CCCCC3)cc2c1. The van der Waals surface area contributed by atoms with Gasteiger partial charge >= 0.3 is 0 Å². The number of carbonyl (C=O) groups excluding carboxylic acids is 1. The molecule has 0 atom stereocenters. The summed E-state index contributed by atoms with van der Waals surface area (Å²) in [6, 6.07) is 7.43. The lowest BCUT2D eigenvalue weighted by Crippen LogP contribution is -2.35. The highest BCUT2D eigenvalue weighted by Gasteiger charge is 2.19. The quantitative estimate of drug-likeness (QED) is 0.813. The Morgan fingerprint density at radius 2 is 2.00 bits per heavy atom. The van der Waals surface area contributed by atoms with Crippen LogP contribution in [0, 0.1) is 0 Å². The number of anilines is 1. The van der Waals surface area contributed by atoms with E-state index in [1.54, 1.807) is 18.2 Å². The first-order valence-corrected chi connectivity index (χ1v) is 6.82. The van der Waals surface area contributed by atoms with E-state index in [4.69, 9.17) is 10.2 Å². The van der Waals surface area contributed by atoms with Gasteiger partial charge in [0.2, 0.25) is 0 Å². The molecule has 100 valence electrons. The smallest absolute Gasteiger partial charge is 0.287 e. The largest absolute Gasteiger partial charge is 0.451 e. The summed E-state index contributed by atoms with van der Waals surface area (Å²) in [6.07, 6.45) is 5.80. The molecule has 0 bridgehead atoms. The summed E-state index contributed by atoms with van der Waals surface area (Å²) in [7, 11) is 0. The molecule has 1 aliphatic rings. The fourth-order valence-electron chi connectivity index (χ4n) is 2.68. The van der Waals surface area contributed by atoms with Crippen LogP contribution in [0.3, 0.4) is 0 Å². The van der Waals surface area contributed by atoms with Crippen molar-refractivity contribution in [3.8, 4) is 0 Å². The molecular weight excluding hydrogens is 240 g/mol. The van der Waals surface area contributed by atoms with E-state index in [1.807, 2.05) is 6.07 Å². The monoisotopic (exact) mass is 258 g/mol. The van der Waals surface area contributed by atoms with Gasteiger partial charge in [0.25, 0.3) is 5.91 Å². The van der Waals surface area contributed by atoms with Gasteiger partial charge in [-0.3, -0.25) is 4.79 Å². The van der Waals surface area contributed by atoms with Crippen molar-refractivity contribution in [2.75, 3.05) is 5.73 Å². The number of hydrogen-bond donors (Lipinski definition) is 2. The molecule has 1 aliphatic carbocycles. The molecule has 0 aliphatic heterocycles. The molecule has 2 aromatic rings. The van der Waals surface area contributed by atoms with Gasteiger partial charge in [-0.15, -0.1) is 0 Å². The van der Waals surface area contributed by atoms with Crippen molar-refractivity contribution >= 4 is 22.6 Å². The van der Waals surface area contributed by atoms with Crippen molar-refractivity contribution in [2.24, 2.45) is 0 Å². The maximum Gasteiger partial charge on any atom is 0.287 e. The Hall–Kier alpha value is -1.97. The molecular formula is C15H18N2O2. The van der Waals surface area contributed by atoms with Crippen molar-refractivity contribution in [2.45, 2.75) is 38.1 Å². The van der Waals surface area contributed by atoms with E-state index in [2.05, 4.69) is 5.32 Å². The van der Waals surface area contributed by atoms with E-state index in [0.717, 1.165) is 18.2 Å². The van der Waals surface area contributed by atoms with E-state index >= 15 is 0 Å². The molecule has 1 aromatic heterocycles. The number of rotatable bonds is 2. The molecule has 0 spiro atoms. The third kappa shape index (κ3) is 2.57. The second-order valence-corrected chi connectivity index (χ2v) is 5.22. The van der Waals surface area contributed by atoms with Gasteiger partial charge in [-0.25, -0.2) is 0 Å². The van der Waals surface area contributed by atoms with E-state index in [9.17, 15) is 4.79 Å². The van der Waals surface area contributed by atoms with Crippen molar-refractivity contribution in [1.29, 1.82) is 0 Å². The predicted molar refractivity (Wildman–Crippen MR) is 75.0 cm³/mol. The third-order valence-corrected chi connectivity index (χ3v) is 3.70. The van der Waals surface area contributed by atoms with Gasteiger partial charge in [0, 0.05) is 17.1 Å². The molecule has 3 rings (SSSR count). The Kier molecular flexibility index (Phi) is 3.15. The van der Waals surface area contributed by atoms with Crippen LogP contribution < -0.4 is 11.1 Å². The second-order valence-electron chi connectivity index (χ2n) is 5.22. The van der Waals surface area contributed by atoms with E-state index in [-0.39, 0.29) is 5.91 Å². The topological polar surface area (TPSA) is 68.3 Å². The summed E-state index contributed by atoms with van der Waals surface area (Å²) >= 11 is 0. The number of carbonyl (C=O) groups is 1. The highest BCUT2D eigenvalue weighted by atomic mass is 16.3. The number of amides is 1. The van der Waals surface area contributed by atoms with Crippen LogP contribution in [-0.4, -0.2) is 11.9 Å². The normalized spacial score (nSPS) is 16.6. The lowest BCUT2D eigenvalue weighted by Gasteiger charge is -2.22. The van der Waals surface area contributed by atoms with Gasteiger partial charge < -0.3 is 15.5 Å². The summed E-state index contributed by atoms with van der Waals surface area (Å²) in [5.74, 6) is 0.243. The lowest BCUT2D eigenvalue weighted by molar-refractivity contribution is 0.0902. The molecule has 1 aromatic carbocycles. The minimum absolute atomic E-state index is 0.123. The van der Waals surface area contributed by atoms with Gasteiger partial charge in [0.05, 0.1) is 0 Å². The van der Waals surface area contributed by atoms with Crippen LogP contribution in [-0.2, 0) is 0 Å². The molecule has 19 heavy (non-hydrogen) atoms. The molecule has 1 heterocycles. The summed E-state index contributed by atoms with van der Waals surface area (Å²) in [5, 5.41) is 3.92. The number of fused-ring (bicyclic) bond motifs is 1. The number of furan rings is 1. The van der Waals surface area contributed by atoms with Gasteiger partial charge in [-0.05, 0) is 37.1 Å². The highest BCUT2D eigenvalue weighted by Crippen LogP contribution is 2.23. The van der Waals surface area contributed by atoms with Gasteiger partial charge in [0.1, 0.15) is 5.58 Å². The summed E-state index contributed by atoms with van der Waals surface area (Å²) in [4.78, 5) is 12.1. The van der Waals surface area contributed by atoms with Crippen LogP contribution in [0.2, 0.25) is 0 Å². The van der Waals surface area contributed by atoms with Gasteiger partial charge in [-0.2, -0.15) is 0 Å². The van der Waals surface area contributed by atoms with Crippen LogP contribution in [0.25, 0.3) is 11.0 Å². The molecule has 0 unspecified atom stereocenters. The molecule has 1 amide bonds. The minimum atomic E-state index is -0.123. The molecule has 4 nitrogen and oxygen atoms in total. The van der Waals surface area contributed by atoms with E-state index < -0.39 is 0 Å². The summed E-state index contributed by atoms with van der Waals surface area (Å²) in [6.45, 7) is 0. The van der Waals surface area contributed by atoms with Gasteiger partial charge in [-0.1, -0.05) is 19.3 Å². The first-order valence-electron chi connectivity index (χ1n) is 6.82. The fourth-order valence-corrected chi connectivity index (χ4v) is 2.68. The van der Waals surface area contributed by atoms with Gasteiger partial charge in [0.15, 0.2) is 5.76 Å². The molecule has 3 N–H and O–H groups in total. The Bertz CT molecular complexity index is 597. The first-order chi connectivity index (χ1) is 9.22. The molecule has 4 heteroatoms. The number of hydrogen-bond acceptors (Lipinski definition) is 3. The van der Waals surface area contributed by atoms with Crippen LogP contribution in [0.1, 0.15) is 42.7 Å². The Morgan fingerprint density at radius 1 is 1.21 bits per heavy atom. The Labute approximate surface area is 112 Å². The third-order valence-electron chi connectivity index (χ3n) is 3.70. The first kappa shape index (κ1) is 12.1. The van der Waals surface area contributed by atoms with Crippen LogP contribution in [0.15, 0.2) is 28.7 Å². The Morgan fingerprint density at radius 3 is 2.79 bits per heavy atom. The summed E-state index contributed by atoms with van der Waals surface area (Å²) < 4.78 is 5.56. The molecule has 0 saturated heterocycles. The van der Waals surface area contributed by atoms with Crippen molar-refractivity contribution in [3.63, 3.8) is 0 Å². The predicted octanol–water partition coefficient (Wildman–Crippen LogP) is 3.08. The maximum absolute atomic E-state index is 12.1. The van der Waals surface area contributed by atoms with Crippen molar-refractivity contribution < 1.29 is 9.21 Å². The van der Waals surface area contributed by atoms with Crippen molar-refractivity contribution in [3.05, 3.63) is 30.0 Å². The lowest BCUT2D eigenvalue weighted by atomic mass is 9.95. The number of nitrogen functional groups attached to an aromatic ring is 1. The maximum atomic E-state index is 12.1. The number of nitrogens with two attached hydrogens (primary N) is 1. The van der Waals surface area contributed by atoms with E-state index in [0.29, 0.717) is 23.1 Å². The van der Waals surface area contributed by atoms with Crippen LogP contribution >= 0.6 is 0 Å². The average Bonchev–Trinajstić information content (AvgIpc) is 2.83. The molecule has 1 saturated carbocycles. The highest BCUT2D eigenvalue weighted by molar-refractivity contribution is 5.96. The number of benzene rings is 1. The zero-order chi connectivity index (χ0) is 13.2. The standard InChI is InChI=1S/C15H18N2O2/c16-11-6-7-13-10(8-11)9-14(19-13)15(18)17-12-4-2-1-3-5-12/h6-9,12H,1-5,16H2,(H,17,18). The zero-order valence-electron chi connectivity index (χ0n) is 10.8. The fraction of sp³-hybridized carbons (Fsp3) is 0.400. The Balaban J connectivity index is 1.77. The number of nitrogens with one attached hydrogen (secondary N) is 1. The average molecular weight is 258 g/mol. The zero-order valence-corrected chi connectivity index (χ0v) is 10.8. The molecule has 0 radical (unpaired) electrons.